The summed E-state index contributed by atoms with van der Waals surface area (Å²) in [6.07, 6.45) is 0.352. The van der Waals surface area contributed by atoms with E-state index in [1.54, 1.807) is 12.1 Å². The second kappa shape index (κ2) is 5.72. The van der Waals surface area contributed by atoms with Crippen LogP contribution in [0.15, 0.2) is 12.1 Å². The van der Waals surface area contributed by atoms with Crippen LogP contribution in [0.3, 0.4) is 0 Å². The predicted octanol–water partition coefficient (Wildman–Crippen LogP) is 2.67. The molecule has 102 valence electrons. The maximum atomic E-state index is 10.1. The first-order chi connectivity index (χ1) is 8.32. The van der Waals surface area contributed by atoms with E-state index in [0.717, 1.165) is 23.1 Å². The standard InChI is InChI=1S/C15H24O3/c1-5-10-12(17)7-6-11(13(18)8-9-16)14(10)15(2,3)4/h6-7,13,16-18H,5,8-9H2,1-4H3. The van der Waals surface area contributed by atoms with E-state index >= 15 is 0 Å². The van der Waals surface area contributed by atoms with Gasteiger partial charge in [0.25, 0.3) is 0 Å². The van der Waals surface area contributed by atoms with Crippen LogP contribution in [0.2, 0.25) is 0 Å². The fraction of sp³-hybridized carbons (Fsp3) is 0.600. The Bertz CT molecular complexity index is 405. The molecule has 0 spiro atoms. The van der Waals surface area contributed by atoms with E-state index in [1.807, 2.05) is 6.92 Å². The number of aliphatic hydroxyl groups is 2. The molecule has 0 aromatic heterocycles. The molecule has 0 saturated heterocycles. The number of aliphatic hydroxyl groups excluding tert-OH is 2. The van der Waals surface area contributed by atoms with Gasteiger partial charge in [0.1, 0.15) is 5.75 Å². The van der Waals surface area contributed by atoms with E-state index in [4.69, 9.17) is 5.11 Å². The first kappa shape index (κ1) is 15.0. The summed E-state index contributed by atoms with van der Waals surface area (Å²) in [6, 6.07) is 3.39. The van der Waals surface area contributed by atoms with Crippen molar-refractivity contribution in [3.8, 4) is 5.75 Å². The van der Waals surface area contributed by atoms with Gasteiger partial charge in [-0.2, -0.15) is 0 Å². The zero-order valence-electron chi connectivity index (χ0n) is 11.7. The van der Waals surface area contributed by atoms with Gasteiger partial charge in [-0.25, -0.2) is 0 Å². The molecular weight excluding hydrogens is 228 g/mol. The molecule has 0 saturated carbocycles. The summed E-state index contributed by atoms with van der Waals surface area (Å²) in [5.41, 5.74) is 2.53. The molecule has 1 aromatic rings. The van der Waals surface area contributed by atoms with Crippen LogP contribution >= 0.6 is 0 Å². The molecule has 3 N–H and O–H groups in total. The maximum absolute atomic E-state index is 10.1. The maximum Gasteiger partial charge on any atom is 0.119 e. The predicted molar refractivity (Wildman–Crippen MR) is 72.8 cm³/mol. The van der Waals surface area contributed by atoms with Crippen molar-refractivity contribution in [2.24, 2.45) is 0 Å². The molecule has 1 aromatic carbocycles. The number of aromatic hydroxyl groups is 1. The van der Waals surface area contributed by atoms with Crippen LogP contribution in [0.4, 0.5) is 0 Å². The Hall–Kier alpha value is -1.06. The average Bonchev–Trinajstić information content (AvgIpc) is 2.27. The molecule has 0 aliphatic rings. The Morgan fingerprint density at radius 1 is 1.22 bits per heavy atom. The van der Waals surface area contributed by atoms with Gasteiger partial charge in [0, 0.05) is 13.0 Å². The summed E-state index contributed by atoms with van der Waals surface area (Å²) in [5.74, 6) is 0.280. The van der Waals surface area contributed by atoms with Crippen molar-refractivity contribution in [1.82, 2.24) is 0 Å². The van der Waals surface area contributed by atoms with E-state index in [0.29, 0.717) is 6.42 Å². The van der Waals surface area contributed by atoms with Gasteiger partial charge in [-0.05, 0) is 34.6 Å². The lowest BCUT2D eigenvalue weighted by Crippen LogP contribution is -2.19. The molecule has 3 nitrogen and oxygen atoms in total. The summed E-state index contributed by atoms with van der Waals surface area (Å²) in [4.78, 5) is 0. The summed E-state index contributed by atoms with van der Waals surface area (Å²) < 4.78 is 0. The minimum Gasteiger partial charge on any atom is -0.508 e. The summed E-state index contributed by atoms with van der Waals surface area (Å²) in [7, 11) is 0. The van der Waals surface area contributed by atoms with E-state index < -0.39 is 6.10 Å². The number of hydrogen-bond donors (Lipinski definition) is 3. The Morgan fingerprint density at radius 3 is 2.28 bits per heavy atom. The highest BCUT2D eigenvalue weighted by molar-refractivity contribution is 5.48. The lowest BCUT2D eigenvalue weighted by molar-refractivity contribution is 0.132. The highest BCUT2D eigenvalue weighted by atomic mass is 16.3. The van der Waals surface area contributed by atoms with Crippen molar-refractivity contribution in [2.45, 2.75) is 52.1 Å². The molecule has 1 unspecified atom stereocenters. The third kappa shape index (κ3) is 3.03. The van der Waals surface area contributed by atoms with Gasteiger partial charge in [0.05, 0.1) is 6.10 Å². The highest BCUT2D eigenvalue weighted by Crippen LogP contribution is 2.37. The average molecular weight is 252 g/mol. The summed E-state index contributed by atoms with van der Waals surface area (Å²) in [5, 5.41) is 29.1. The number of benzene rings is 1. The Balaban J connectivity index is 3.43. The number of rotatable bonds is 4. The van der Waals surface area contributed by atoms with Gasteiger partial charge in [-0.15, -0.1) is 0 Å². The molecular formula is C15H24O3. The topological polar surface area (TPSA) is 60.7 Å². The van der Waals surface area contributed by atoms with Crippen molar-refractivity contribution >= 4 is 0 Å². The Labute approximate surface area is 109 Å². The van der Waals surface area contributed by atoms with E-state index in [9.17, 15) is 10.2 Å². The van der Waals surface area contributed by atoms with Crippen LogP contribution in [0, 0.1) is 0 Å². The third-order valence-electron chi connectivity index (χ3n) is 3.19. The zero-order chi connectivity index (χ0) is 13.9. The molecule has 1 atom stereocenters. The second-order valence-corrected chi connectivity index (χ2v) is 5.66. The van der Waals surface area contributed by atoms with E-state index in [1.165, 1.54) is 0 Å². The fourth-order valence-corrected chi connectivity index (χ4v) is 2.45. The van der Waals surface area contributed by atoms with Crippen molar-refractivity contribution < 1.29 is 15.3 Å². The van der Waals surface area contributed by atoms with Gasteiger partial charge in [-0.1, -0.05) is 33.8 Å². The first-order valence-electron chi connectivity index (χ1n) is 6.47. The zero-order valence-corrected chi connectivity index (χ0v) is 11.7. The van der Waals surface area contributed by atoms with Gasteiger partial charge >= 0.3 is 0 Å². The lowest BCUT2D eigenvalue weighted by Gasteiger charge is -2.28. The molecule has 0 bridgehead atoms. The number of phenols is 1. The van der Waals surface area contributed by atoms with Crippen LogP contribution in [0.25, 0.3) is 0 Å². The van der Waals surface area contributed by atoms with E-state index in [-0.39, 0.29) is 17.8 Å². The van der Waals surface area contributed by atoms with Crippen LogP contribution < -0.4 is 0 Å². The van der Waals surface area contributed by atoms with Crippen LogP contribution in [-0.4, -0.2) is 21.9 Å². The molecule has 0 aliphatic carbocycles. The number of phenolic OH excluding ortho intramolecular Hbond substituents is 1. The molecule has 0 fully saturated rings. The molecule has 3 heteroatoms. The minimum absolute atomic E-state index is 0.0485. The van der Waals surface area contributed by atoms with Gasteiger partial charge in [0.2, 0.25) is 0 Å². The second-order valence-electron chi connectivity index (χ2n) is 5.66. The smallest absolute Gasteiger partial charge is 0.119 e. The van der Waals surface area contributed by atoms with Gasteiger partial charge in [-0.3, -0.25) is 0 Å². The van der Waals surface area contributed by atoms with Crippen LogP contribution in [0.5, 0.6) is 5.75 Å². The van der Waals surface area contributed by atoms with Crippen molar-refractivity contribution in [2.75, 3.05) is 6.61 Å². The molecule has 18 heavy (non-hydrogen) atoms. The summed E-state index contributed by atoms with van der Waals surface area (Å²) in [6.45, 7) is 8.14. The first-order valence-corrected chi connectivity index (χ1v) is 6.47. The minimum atomic E-state index is -0.685. The SMILES string of the molecule is CCc1c(O)ccc(C(O)CCO)c1C(C)(C)C. The largest absolute Gasteiger partial charge is 0.508 e. The van der Waals surface area contributed by atoms with Gasteiger partial charge < -0.3 is 15.3 Å². The molecule has 1 rings (SSSR count). The lowest BCUT2D eigenvalue weighted by atomic mass is 9.78. The number of hydrogen-bond acceptors (Lipinski definition) is 3. The van der Waals surface area contributed by atoms with Crippen molar-refractivity contribution in [3.63, 3.8) is 0 Å². The third-order valence-corrected chi connectivity index (χ3v) is 3.19. The molecule has 0 amide bonds. The Morgan fingerprint density at radius 2 is 1.83 bits per heavy atom. The molecule has 0 heterocycles. The summed E-state index contributed by atoms with van der Waals surface area (Å²) >= 11 is 0. The van der Waals surface area contributed by atoms with Crippen LogP contribution in [0.1, 0.15) is 56.9 Å². The van der Waals surface area contributed by atoms with E-state index in [2.05, 4.69) is 20.8 Å². The van der Waals surface area contributed by atoms with Crippen LogP contribution in [-0.2, 0) is 11.8 Å². The highest BCUT2D eigenvalue weighted by Gasteiger charge is 2.26. The van der Waals surface area contributed by atoms with Crippen molar-refractivity contribution in [3.05, 3.63) is 28.8 Å². The normalized spacial score (nSPS) is 13.7. The van der Waals surface area contributed by atoms with Crippen molar-refractivity contribution in [1.29, 1.82) is 0 Å². The van der Waals surface area contributed by atoms with Gasteiger partial charge in [0.15, 0.2) is 0 Å². The Kier molecular flexibility index (Phi) is 4.77. The quantitative estimate of drug-likeness (QED) is 0.772. The molecule has 0 radical (unpaired) electrons. The molecule has 0 aliphatic heterocycles. The fourth-order valence-electron chi connectivity index (χ4n) is 2.45. The monoisotopic (exact) mass is 252 g/mol.